The third-order valence-corrected chi connectivity index (χ3v) is 5.03. The number of hydrogen-bond donors (Lipinski definition) is 1. The van der Waals surface area contributed by atoms with Crippen molar-refractivity contribution in [3.05, 3.63) is 16.1 Å². The summed E-state index contributed by atoms with van der Waals surface area (Å²) >= 11 is 1.80. The van der Waals surface area contributed by atoms with Crippen LogP contribution in [0.3, 0.4) is 0 Å². The van der Waals surface area contributed by atoms with E-state index in [1.54, 1.807) is 11.3 Å². The van der Waals surface area contributed by atoms with Crippen LogP contribution in [0.4, 0.5) is 0 Å². The van der Waals surface area contributed by atoms with Crippen molar-refractivity contribution in [3.63, 3.8) is 0 Å². The molecular weight excluding hydrogens is 254 g/mol. The maximum absolute atomic E-state index is 4.58. The van der Waals surface area contributed by atoms with E-state index in [4.69, 9.17) is 0 Å². The van der Waals surface area contributed by atoms with Gasteiger partial charge in [-0.25, -0.2) is 4.98 Å². The number of nitrogens with zero attached hydrogens (tertiary/aromatic N) is 2. The molecule has 1 saturated heterocycles. The summed E-state index contributed by atoms with van der Waals surface area (Å²) in [6.07, 6.45) is 4.91. The van der Waals surface area contributed by atoms with E-state index in [0.717, 1.165) is 25.2 Å². The van der Waals surface area contributed by atoms with Gasteiger partial charge in [0.05, 0.1) is 5.01 Å². The minimum atomic E-state index is 0.686. The van der Waals surface area contributed by atoms with Gasteiger partial charge in [-0.1, -0.05) is 20.3 Å². The molecule has 1 aliphatic heterocycles. The maximum Gasteiger partial charge on any atom is 0.0940 e. The van der Waals surface area contributed by atoms with E-state index in [1.807, 2.05) is 0 Å². The van der Waals surface area contributed by atoms with Gasteiger partial charge < -0.3 is 5.32 Å². The molecule has 108 valence electrons. The average molecular weight is 281 g/mol. The van der Waals surface area contributed by atoms with Crippen LogP contribution >= 0.6 is 11.3 Å². The van der Waals surface area contributed by atoms with Crippen LogP contribution < -0.4 is 5.32 Å². The van der Waals surface area contributed by atoms with E-state index < -0.39 is 0 Å². The number of rotatable bonds is 6. The smallest absolute Gasteiger partial charge is 0.0940 e. The highest BCUT2D eigenvalue weighted by molar-refractivity contribution is 7.09. The van der Waals surface area contributed by atoms with Crippen molar-refractivity contribution in [2.24, 2.45) is 0 Å². The fourth-order valence-corrected chi connectivity index (χ4v) is 3.67. The second kappa shape index (κ2) is 7.36. The molecule has 1 N–H and O–H groups in total. The molecule has 1 aromatic heterocycles. The van der Waals surface area contributed by atoms with E-state index in [-0.39, 0.29) is 0 Å². The van der Waals surface area contributed by atoms with Gasteiger partial charge in [-0.2, -0.15) is 0 Å². The van der Waals surface area contributed by atoms with Crippen molar-refractivity contribution in [2.45, 2.75) is 58.5 Å². The van der Waals surface area contributed by atoms with Gasteiger partial charge in [0, 0.05) is 49.2 Å². The summed E-state index contributed by atoms with van der Waals surface area (Å²) < 4.78 is 0. The summed E-state index contributed by atoms with van der Waals surface area (Å²) in [5, 5.41) is 7.15. The van der Waals surface area contributed by atoms with Gasteiger partial charge in [0.1, 0.15) is 0 Å². The molecule has 19 heavy (non-hydrogen) atoms. The summed E-state index contributed by atoms with van der Waals surface area (Å²) in [6.45, 7) is 10.2. The van der Waals surface area contributed by atoms with Gasteiger partial charge in [0.2, 0.25) is 0 Å². The minimum Gasteiger partial charge on any atom is -0.311 e. The number of aromatic nitrogens is 1. The Morgan fingerprint density at radius 2 is 2.32 bits per heavy atom. The van der Waals surface area contributed by atoms with E-state index >= 15 is 0 Å². The van der Waals surface area contributed by atoms with Gasteiger partial charge in [-0.05, 0) is 19.8 Å². The second-order valence-corrected chi connectivity index (χ2v) is 6.53. The molecule has 0 bridgehead atoms. The molecule has 0 saturated carbocycles. The molecular formula is C15H27N3S. The Labute approximate surface area is 121 Å². The van der Waals surface area contributed by atoms with Crippen molar-refractivity contribution in [3.8, 4) is 0 Å². The summed E-state index contributed by atoms with van der Waals surface area (Å²) in [5.74, 6) is 0. The SMILES string of the molecule is CCCC1CN(CCc2nc(C)cs2)C(CC)CN1. The maximum atomic E-state index is 4.58. The molecule has 0 spiro atoms. The zero-order chi connectivity index (χ0) is 13.7. The van der Waals surface area contributed by atoms with Crippen molar-refractivity contribution >= 4 is 11.3 Å². The molecule has 3 nitrogen and oxygen atoms in total. The Balaban J connectivity index is 1.87. The quantitative estimate of drug-likeness (QED) is 0.869. The fourth-order valence-electron chi connectivity index (χ4n) is 2.90. The molecule has 2 heterocycles. The number of hydrogen-bond acceptors (Lipinski definition) is 4. The first-order chi connectivity index (χ1) is 9.22. The molecule has 0 radical (unpaired) electrons. The van der Waals surface area contributed by atoms with Crippen LogP contribution in [0.2, 0.25) is 0 Å². The third kappa shape index (κ3) is 4.26. The standard InChI is InChI=1S/C15H27N3S/c1-4-6-13-10-18(14(5-2)9-16-13)8-7-15-17-12(3)11-19-15/h11,13-14,16H,4-10H2,1-3H3. The number of aryl methyl sites for hydroxylation is 1. The van der Waals surface area contributed by atoms with Gasteiger partial charge in [0.25, 0.3) is 0 Å². The van der Waals surface area contributed by atoms with E-state index in [1.165, 1.54) is 30.8 Å². The van der Waals surface area contributed by atoms with Crippen LogP contribution in [-0.2, 0) is 6.42 Å². The van der Waals surface area contributed by atoms with Crippen LogP contribution in [0.15, 0.2) is 5.38 Å². The third-order valence-electron chi connectivity index (χ3n) is 4.00. The lowest BCUT2D eigenvalue weighted by molar-refractivity contribution is 0.124. The Bertz CT molecular complexity index is 377. The highest BCUT2D eigenvalue weighted by atomic mass is 32.1. The fraction of sp³-hybridized carbons (Fsp3) is 0.800. The normalized spacial score (nSPS) is 24.8. The largest absolute Gasteiger partial charge is 0.311 e. The topological polar surface area (TPSA) is 28.2 Å². The molecule has 1 fully saturated rings. The molecule has 2 rings (SSSR count). The molecule has 4 heteroatoms. The Hall–Kier alpha value is -0.450. The van der Waals surface area contributed by atoms with Crippen LogP contribution in [0.1, 0.15) is 43.8 Å². The van der Waals surface area contributed by atoms with Gasteiger partial charge >= 0.3 is 0 Å². The van der Waals surface area contributed by atoms with Crippen LogP contribution in [0, 0.1) is 6.92 Å². The summed E-state index contributed by atoms with van der Waals surface area (Å²) in [6, 6.07) is 1.39. The average Bonchev–Trinajstić information content (AvgIpc) is 2.83. The van der Waals surface area contributed by atoms with Gasteiger partial charge in [-0.3, -0.25) is 4.90 Å². The van der Waals surface area contributed by atoms with Gasteiger partial charge in [-0.15, -0.1) is 11.3 Å². The molecule has 0 amide bonds. The highest BCUT2D eigenvalue weighted by Crippen LogP contribution is 2.15. The number of nitrogens with one attached hydrogen (secondary N) is 1. The molecule has 0 aliphatic carbocycles. The van der Waals surface area contributed by atoms with Crippen LogP contribution in [0.25, 0.3) is 0 Å². The van der Waals surface area contributed by atoms with Crippen molar-refractivity contribution < 1.29 is 0 Å². The molecule has 1 aliphatic rings. The first kappa shape index (κ1) is 14.9. The zero-order valence-electron chi connectivity index (χ0n) is 12.5. The minimum absolute atomic E-state index is 0.686. The highest BCUT2D eigenvalue weighted by Gasteiger charge is 2.25. The molecule has 0 aromatic carbocycles. The summed E-state index contributed by atoms with van der Waals surface area (Å²) in [4.78, 5) is 7.25. The molecule has 1 aromatic rings. The first-order valence-corrected chi connectivity index (χ1v) is 8.49. The lowest BCUT2D eigenvalue weighted by Crippen LogP contribution is -2.56. The van der Waals surface area contributed by atoms with Crippen LogP contribution in [0.5, 0.6) is 0 Å². The number of piperazine rings is 1. The molecule has 2 unspecified atom stereocenters. The first-order valence-electron chi connectivity index (χ1n) is 7.61. The number of thiazole rings is 1. The van der Waals surface area contributed by atoms with Gasteiger partial charge in [0.15, 0.2) is 0 Å². The van der Waals surface area contributed by atoms with Crippen molar-refractivity contribution in [1.82, 2.24) is 15.2 Å². The lowest BCUT2D eigenvalue weighted by Gasteiger charge is -2.40. The summed E-state index contributed by atoms with van der Waals surface area (Å²) in [7, 11) is 0. The predicted octanol–water partition coefficient (Wildman–Crippen LogP) is 2.85. The second-order valence-electron chi connectivity index (χ2n) is 5.58. The van der Waals surface area contributed by atoms with E-state index in [9.17, 15) is 0 Å². The van der Waals surface area contributed by atoms with Crippen molar-refractivity contribution in [1.29, 1.82) is 0 Å². The Kier molecular flexibility index (Phi) is 5.79. The lowest BCUT2D eigenvalue weighted by atomic mass is 10.0. The predicted molar refractivity (Wildman–Crippen MR) is 82.9 cm³/mol. The van der Waals surface area contributed by atoms with Crippen molar-refractivity contribution in [2.75, 3.05) is 19.6 Å². The summed E-state index contributed by atoms with van der Waals surface area (Å²) in [5.41, 5.74) is 1.16. The monoisotopic (exact) mass is 281 g/mol. The Morgan fingerprint density at radius 1 is 1.47 bits per heavy atom. The Morgan fingerprint density at radius 3 is 2.95 bits per heavy atom. The molecule has 2 atom stereocenters. The zero-order valence-corrected chi connectivity index (χ0v) is 13.3. The van der Waals surface area contributed by atoms with Crippen LogP contribution in [-0.4, -0.2) is 41.6 Å². The van der Waals surface area contributed by atoms with E-state index in [0.29, 0.717) is 12.1 Å². The van der Waals surface area contributed by atoms with E-state index in [2.05, 4.69) is 41.4 Å².